The molecule has 1 aliphatic heterocycles. The molecule has 1 fully saturated rings. The lowest BCUT2D eigenvalue weighted by Crippen LogP contribution is -2.50. The summed E-state index contributed by atoms with van der Waals surface area (Å²) in [6, 6.07) is 2.89. The quantitative estimate of drug-likeness (QED) is 0.880. The van der Waals surface area contributed by atoms with Gasteiger partial charge in [-0.05, 0) is 33.5 Å². The van der Waals surface area contributed by atoms with Crippen LogP contribution >= 0.6 is 0 Å². The molecular formula is C15H27N3O. The third-order valence-electron chi connectivity index (χ3n) is 4.15. The summed E-state index contributed by atoms with van der Waals surface area (Å²) in [5.41, 5.74) is 1.34. The summed E-state index contributed by atoms with van der Waals surface area (Å²) in [5.74, 6) is 2.10. The molecule has 0 aliphatic carbocycles. The van der Waals surface area contributed by atoms with Crippen molar-refractivity contribution in [3.63, 3.8) is 0 Å². The third kappa shape index (κ3) is 3.59. The van der Waals surface area contributed by atoms with E-state index in [9.17, 15) is 0 Å². The number of piperazine rings is 1. The van der Waals surface area contributed by atoms with Crippen LogP contribution in [0.5, 0.6) is 0 Å². The van der Waals surface area contributed by atoms with Gasteiger partial charge in [0.25, 0.3) is 0 Å². The van der Waals surface area contributed by atoms with Crippen molar-refractivity contribution < 1.29 is 4.42 Å². The first-order valence-electron chi connectivity index (χ1n) is 7.29. The van der Waals surface area contributed by atoms with Gasteiger partial charge in [-0.1, -0.05) is 6.92 Å². The molecule has 2 rings (SSSR count). The topological polar surface area (TPSA) is 31.6 Å². The molecule has 0 spiro atoms. The number of nitrogens with zero attached hydrogens (tertiary/aromatic N) is 2. The van der Waals surface area contributed by atoms with Crippen molar-refractivity contribution in [1.29, 1.82) is 0 Å². The molecule has 2 heterocycles. The second-order valence-corrected chi connectivity index (χ2v) is 5.60. The van der Waals surface area contributed by atoms with Crippen LogP contribution in [0.1, 0.15) is 30.4 Å². The molecule has 4 heteroatoms. The second-order valence-electron chi connectivity index (χ2n) is 5.60. The molecule has 1 N–H and O–H groups in total. The Hall–Kier alpha value is -0.840. The maximum atomic E-state index is 5.77. The molecule has 0 aromatic carbocycles. The molecule has 1 atom stereocenters. The normalized spacial score (nSPS) is 22.0. The summed E-state index contributed by atoms with van der Waals surface area (Å²) in [6.07, 6.45) is 1.22. The van der Waals surface area contributed by atoms with Gasteiger partial charge in [0.1, 0.15) is 11.5 Å². The highest BCUT2D eigenvalue weighted by Gasteiger charge is 2.23. The van der Waals surface area contributed by atoms with Crippen LogP contribution in [-0.4, -0.2) is 49.6 Å². The van der Waals surface area contributed by atoms with E-state index in [1.54, 1.807) is 0 Å². The van der Waals surface area contributed by atoms with Gasteiger partial charge < -0.3 is 14.6 Å². The summed E-state index contributed by atoms with van der Waals surface area (Å²) in [4.78, 5) is 5.03. The molecule has 1 aromatic rings. The molecular weight excluding hydrogens is 238 g/mol. The van der Waals surface area contributed by atoms with E-state index >= 15 is 0 Å². The fraction of sp³-hybridized carbons (Fsp3) is 0.733. The van der Waals surface area contributed by atoms with E-state index in [0.29, 0.717) is 6.04 Å². The lowest BCUT2D eigenvalue weighted by Gasteiger charge is -2.39. The number of likely N-dealkylation sites (N-methyl/N-ethyl adjacent to an activating group) is 1. The van der Waals surface area contributed by atoms with E-state index in [4.69, 9.17) is 4.42 Å². The van der Waals surface area contributed by atoms with E-state index in [0.717, 1.165) is 31.2 Å². The molecule has 0 amide bonds. The van der Waals surface area contributed by atoms with Crippen LogP contribution in [0.3, 0.4) is 0 Å². The maximum Gasteiger partial charge on any atom is 0.118 e. The second kappa shape index (κ2) is 6.55. The number of hydrogen-bond acceptors (Lipinski definition) is 4. The van der Waals surface area contributed by atoms with Crippen LogP contribution in [0.2, 0.25) is 0 Å². The van der Waals surface area contributed by atoms with Crippen LogP contribution < -0.4 is 5.32 Å². The van der Waals surface area contributed by atoms with Gasteiger partial charge in [-0.2, -0.15) is 0 Å². The van der Waals surface area contributed by atoms with Crippen molar-refractivity contribution >= 4 is 0 Å². The van der Waals surface area contributed by atoms with Crippen LogP contribution in [0.15, 0.2) is 10.5 Å². The number of aryl methyl sites for hydroxylation is 1. The van der Waals surface area contributed by atoms with E-state index in [-0.39, 0.29) is 0 Å². The fourth-order valence-electron chi connectivity index (χ4n) is 2.84. The molecule has 108 valence electrons. The summed E-state index contributed by atoms with van der Waals surface area (Å²) in [5, 5.41) is 3.14. The summed E-state index contributed by atoms with van der Waals surface area (Å²) in [6.45, 7) is 9.65. The first-order chi connectivity index (χ1) is 9.13. The minimum Gasteiger partial charge on any atom is -0.465 e. The Morgan fingerprint density at radius 2 is 2.21 bits per heavy atom. The van der Waals surface area contributed by atoms with Gasteiger partial charge in [-0.3, -0.25) is 4.90 Å². The minimum atomic E-state index is 0.692. The SMILES string of the molecule is CCC1CN(Cc2cc(CNC)oc2C)CCN1C. The lowest BCUT2D eigenvalue weighted by atomic mass is 10.1. The van der Waals surface area contributed by atoms with Gasteiger partial charge in [-0.15, -0.1) is 0 Å². The predicted molar refractivity (Wildman–Crippen MR) is 78.2 cm³/mol. The van der Waals surface area contributed by atoms with Gasteiger partial charge in [0.05, 0.1) is 6.54 Å². The Labute approximate surface area is 116 Å². The van der Waals surface area contributed by atoms with Crippen molar-refractivity contribution in [3.05, 3.63) is 23.2 Å². The van der Waals surface area contributed by atoms with E-state index in [1.165, 1.54) is 25.1 Å². The molecule has 0 radical (unpaired) electrons. The Morgan fingerprint density at radius 3 is 2.89 bits per heavy atom. The highest BCUT2D eigenvalue weighted by Crippen LogP contribution is 2.19. The lowest BCUT2D eigenvalue weighted by molar-refractivity contribution is 0.0880. The largest absolute Gasteiger partial charge is 0.465 e. The highest BCUT2D eigenvalue weighted by atomic mass is 16.3. The first kappa shape index (κ1) is 14.6. The summed E-state index contributed by atoms with van der Waals surface area (Å²) in [7, 11) is 4.18. The molecule has 1 unspecified atom stereocenters. The average molecular weight is 265 g/mol. The fourth-order valence-corrected chi connectivity index (χ4v) is 2.84. The molecule has 4 nitrogen and oxygen atoms in total. The molecule has 1 aromatic heterocycles. The van der Waals surface area contributed by atoms with Crippen molar-refractivity contribution in [3.8, 4) is 0 Å². The van der Waals surface area contributed by atoms with E-state index in [2.05, 4.69) is 42.1 Å². The molecule has 1 saturated heterocycles. The number of nitrogens with one attached hydrogen (secondary N) is 1. The molecule has 0 saturated carbocycles. The van der Waals surface area contributed by atoms with Gasteiger partial charge in [0.2, 0.25) is 0 Å². The number of rotatable bonds is 5. The van der Waals surface area contributed by atoms with Crippen LogP contribution in [0, 0.1) is 6.92 Å². The zero-order valence-corrected chi connectivity index (χ0v) is 12.7. The Kier molecular flexibility index (Phi) is 5.02. The van der Waals surface area contributed by atoms with Crippen molar-refractivity contribution in [1.82, 2.24) is 15.1 Å². The average Bonchev–Trinajstić information content (AvgIpc) is 2.72. The van der Waals surface area contributed by atoms with Gasteiger partial charge in [0, 0.05) is 37.8 Å². The predicted octanol–water partition coefficient (Wildman–Crippen LogP) is 1.83. The number of furan rings is 1. The van der Waals surface area contributed by atoms with Crippen molar-refractivity contribution in [2.24, 2.45) is 0 Å². The van der Waals surface area contributed by atoms with Gasteiger partial charge in [-0.25, -0.2) is 0 Å². The standard InChI is InChI=1S/C15H27N3O/c1-5-14-11-18(7-6-17(14)4)10-13-8-15(9-16-3)19-12(13)2/h8,14,16H,5-7,9-11H2,1-4H3. The van der Waals surface area contributed by atoms with E-state index in [1.807, 2.05) is 7.05 Å². The maximum absolute atomic E-state index is 5.77. The van der Waals surface area contributed by atoms with E-state index < -0.39 is 0 Å². The van der Waals surface area contributed by atoms with Crippen LogP contribution in [-0.2, 0) is 13.1 Å². The number of hydrogen-bond donors (Lipinski definition) is 1. The Morgan fingerprint density at radius 1 is 1.42 bits per heavy atom. The summed E-state index contributed by atoms with van der Waals surface area (Å²) < 4.78 is 5.77. The zero-order chi connectivity index (χ0) is 13.8. The molecule has 0 bridgehead atoms. The van der Waals surface area contributed by atoms with Gasteiger partial charge >= 0.3 is 0 Å². The highest BCUT2D eigenvalue weighted by molar-refractivity contribution is 5.20. The monoisotopic (exact) mass is 265 g/mol. The van der Waals surface area contributed by atoms with Crippen LogP contribution in [0.25, 0.3) is 0 Å². The first-order valence-corrected chi connectivity index (χ1v) is 7.29. The van der Waals surface area contributed by atoms with Crippen molar-refractivity contribution in [2.75, 3.05) is 33.7 Å². The molecule has 1 aliphatic rings. The molecule has 19 heavy (non-hydrogen) atoms. The zero-order valence-electron chi connectivity index (χ0n) is 12.7. The smallest absolute Gasteiger partial charge is 0.118 e. The summed E-state index contributed by atoms with van der Waals surface area (Å²) >= 11 is 0. The third-order valence-corrected chi connectivity index (χ3v) is 4.15. The van der Waals surface area contributed by atoms with Crippen molar-refractivity contribution in [2.45, 2.75) is 39.4 Å². The Balaban J connectivity index is 1.97. The Bertz CT molecular complexity index is 402. The minimum absolute atomic E-state index is 0.692. The van der Waals surface area contributed by atoms with Gasteiger partial charge in [0.15, 0.2) is 0 Å². The van der Waals surface area contributed by atoms with Crippen LogP contribution in [0.4, 0.5) is 0 Å².